The predicted molar refractivity (Wildman–Crippen MR) is 65.4 cm³/mol. The van der Waals surface area contributed by atoms with Gasteiger partial charge in [-0.1, -0.05) is 0 Å². The molecule has 0 bridgehead atoms. The fourth-order valence-electron chi connectivity index (χ4n) is 1.47. The van der Waals surface area contributed by atoms with Crippen molar-refractivity contribution >= 4 is 17.3 Å². The zero-order valence-corrected chi connectivity index (χ0v) is 10.00. The first kappa shape index (κ1) is 11.9. The number of hydrogen-bond acceptors (Lipinski definition) is 4. The van der Waals surface area contributed by atoms with Gasteiger partial charge in [0.1, 0.15) is 5.76 Å². The molecule has 4 nitrogen and oxygen atoms in total. The Hall–Kier alpha value is -1.59. The summed E-state index contributed by atoms with van der Waals surface area (Å²) in [5.41, 5.74) is 1.31. The summed E-state index contributed by atoms with van der Waals surface area (Å²) < 4.78 is 5.12. The summed E-state index contributed by atoms with van der Waals surface area (Å²) in [4.78, 5) is 10.6. The molecule has 0 fully saturated rings. The van der Waals surface area contributed by atoms with Gasteiger partial charge in [0.15, 0.2) is 0 Å². The highest BCUT2D eigenvalue weighted by molar-refractivity contribution is 7.07. The maximum Gasteiger partial charge on any atom is 0.371 e. The molecule has 2 heterocycles. The number of aromatic carboxylic acids is 1. The van der Waals surface area contributed by atoms with Gasteiger partial charge >= 0.3 is 5.97 Å². The first-order valence-corrected chi connectivity index (χ1v) is 6.24. The molecule has 2 N–H and O–H groups in total. The molecule has 0 aliphatic rings. The molecule has 0 amide bonds. The van der Waals surface area contributed by atoms with E-state index in [1.165, 1.54) is 11.6 Å². The molecule has 0 aromatic carbocycles. The van der Waals surface area contributed by atoms with Crippen molar-refractivity contribution in [2.24, 2.45) is 0 Å². The van der Waals surface area contributed by atoms with Crippen LogP contribution >= 0.6 is 11.3 Å². The Bertz CT molecular complexity index is 476. The summed E-state index contributed by atoms with van der Waals surface area (Å²) in [7, 11) is 0. The lowest BCUT2D eigenvalue weighted by atomic mass is 10.2. The van der Waals surface area contributed by atoms with Crippen LogP contribution in [0.3, 0.4) is 0 Å². The van der Waals surface area contributed by atoms with Crippen LogP contribution in [0.1, 0.15) is 21.9 Å². The van der Waals surface area contributed by atoms with Crippen LogP contribution in [-0.4, -0.2) is 17.6 Å². The number of rotatable bonds is 6. The lowest BCUT2D eigenvalue weighted by Gasteiger charge is -2.00. The van der Waals surface area contributed by atoms with E-state index >= 15 is 0 Å². The zero-order valence-electron chi connectivity index (χ0n) is 9.18. The molecule has 2 aromatic heterocycles. The molecule has 0 aliphatic carbocycles. The van der Waals surface area contributed by atoms with Crippen molar-refractivity contribution < 1.29 is 14.3 Å². The topological polar surface area (TPSA) is 62.5 Å². The molecular weight excluding hydrogens is 238 g/mol. The molecule has 0 aliphatic heterocycles. The van der Waals surface area contributed by atoms with Crippen LogP contribution in [0.2, 0.25) is 0 Å². The van der Waals surface area contributed by atoms with Crippen LogP contribution in [0.4, 0.5) is 0 Å². The van der Waals surface area contributed by atoms with Gasteiger partial charge in [-0.2, -0.15) is 11.3 Å². The average molecular weight is 251 g/mol. The zero-order chi connectivity index (χ0) is 12.1. The molecule has 0 atom stereocenters. The maximum atomic E-state index is 10.6. The van der Waals surface area contributed by atoms with Crippen LogP contribution < -0.4 is 5.32 Å². The number of thiophene rings is 1. The normalized spacial score (nSPS) is 10.6. The van der Waals surface area contributed by atoms with Crippen molar-refractivity contribution in [1.82, 2.24) is 5.32 Å². The van der Waals surface area contributed by atoms with Gasteiger partial charge in [-0.15, -0.1) is 0 Å². The van der Waals surface area contributed by atoms with Crippen molar-refractivity contribution in [3.05, 3.63) is 46.0 Å². The van der Waals surface area contributed by atoms with Gasteiger partial charge < -0.3 is 14.8 Å². The third kappa shape index (κ3) is 3.44. The summed E-state index contributed by atoms with van der Waals surface area (Å²) in [6, 6.07) is 5.25. The third-order valence-electron chi connectivity index (χ3n) is 2.34. The molecule has 90 valence electrons. The van der Waals surface area contributed by atoms with Gasteiger partial charge in [0.2, 0.25) is 5.76 Å². The van der Waals surface area contributed by atoms with Crippen molar-refractivity contribution in [1.29, 1.82) is 0 Å². The predicted octanol–water partition coefficient (Wildman–Crippen LogP) is 2.37. The average Bonchev–Trinajstić information content (AvgIpc) is 2.96. The quantitative estimate of drug-likeness (QED) is 0.774. The van der Waals surface area contributed by atoms with Crippen LogP contribution in [0.5, 0.6) is 0 Å². The molecular formula is C12H13NO3S. The highest BCUT2D eigenvalue weighted by atomic mass is 32.1. The van der Waals surface area contributed by atoms with Crippen LogP contribution in [0.25, 0.3) is 0 Å². The molecule has 0 saturated heterocycles. The Morgan fingerprint density at radius 1 is 1.41 bits per heavy atom. The maximum absolute atomic E-state index is 10.6. The summed E-state index contributed by atoms with van der Waals surface area (Å²) >= 11 is 1.69. The van der Waals surface area contributed by atoms with E-state index < -0.39 is 5.97 Å². The fraction of sp³-hybridized carbons (Fsp3) is 0.250. The lowest BCUT2D eigenvalue weighted by Crippen LogP contribution is -2.16. The number of carbonyl (C=O) groups is 1. The molecule has 0 saturated carbocycles. The van der Waals surface area contributed by atoms with Crippen molar-refractivity contribution in [3.63, 3.8) is 0 Å². The van der Waals surface area contributed by atoms with Gasteiger partial charge in [-0.25, -0.2) is 4.79 Å². The summed E-state index contributed by atoms with van der Waals surface area (Å²) in [5, 5.41) is 16.1. The fourth-order valence-corrected chi connectivity index (χ4v) is 2.17. The molecule has 0 radical (unpaired) electrons. The second-order valence-corrected chi connectivity index (χ2v) is 4.41. The van der Waals surface area contributed by atoms with Crippen LogP contribution in [0.15, 0.2) is 33.4 Å². The Morgan fingerprint density at radius 2 is 2.29 bits per heavy atom. The van der Waals surface area contributed by atoms with E-state index in [4.69, 9.17) is 9.52 Å². The summed E-state index contributed by atoms with van der Waals surface area (Å²) in [5.74, 6) is -0.401. The van der Waals surface area contributed by atoms with E-state index in [2.05, 4.69) is 22.1 Å². The molecule has 2 rings (SSSR count). The van der Waals surface area contributed by atoms with E-state index in [1.807, 2.05) is 0 Å². The second kappa shape index (κ2) is 5.65. The van der Waals surface area contributed by atoms with Gasteiger partial charge in [0, 0.05) is 0 Å². The summed E-state index contributed by atoms with van der Waals surface area (Å²) in [6.45, 7) is 1.40. The smallest absolute Gasteiger partial charge is 0.371 e. The number of hydrogen-bond donors (Lipinski definition) is 2. The minimum absolute atomic E-state index is 0.0142. The largest absolute Gasteiger partial charge is 0.475 e. The molecule has 5 heteroatoms. The first-order chi connectivity index (χ1) is 8.25. The molecule has 2 aromatic rings. The Kier molecular flexibility index (Phi) is 3.95. The van der Waals surface area contributed by atoms with Gasteiger partial charge in [0.25, 0.3) is 0 Å². The van der Waals surface area contributed by atoms with E-state index in [0.29, 0.717) is 12.3 Å². The molecule has 17 heavy (non-hydrogen) atoms. The number of furan rings is 1. The SMILES string of the molecule is O=C(O)c1ccc(CNCCc2ccsc2)o1. The number of carboxylic acid groups (broad SMARTS) is 1. The van der Waals surface area contributed by atoms with Gasteiger partial charge in [0.05, 0.1) is 6.54 Å². The second-order valence-electron chi connectivity index (χ2n) is 3.63. The highest BCUT2D eigenvalue weighted by Crippen LogP contribution is 2.08. The Morgan fingerprint density at radius 3 is 2.94 bits per heavy atom. The Balaban J connectivity index is 1.72. The van der Waals surface area contributed by atoms with E-state index in [9.17, 15) is 4.79 Å². The highest BCUT2D eigenvalue weighted by Gasteiger charge is 2.08. The first-order valence-electron chi connectivity index (χ1n) is 5.29. The van der Waals surface area contributed by atoms with Crippen molar-refractivity contribution in [2.45, 2.75) is 13.0 Å². The molecule has 0 spiro atoms. The van der Waals surface area contributed by atoms with Crippen molar-refractivity contribution in [2.75, 3.05) is 6.54 Å². The van der Waals surface area contributed by atoms with Crippen molar-refractivity contribution in [3.8, 4) is 0 Å². The van der Waals surface area contributed by atoms with E-state index in [-0.39, 0.29) is 5.76 Å². The summed E-state index contributed by atoms with van der Waals surface area (Å²) in [6.07, 6.45) is 0.968. The Labute approximate surface area is 103 Å². The minimum atomic E-state index is -1.03. The number of carboxylic acids is 1. The van der Waals surface area contributed by atoms with Crippen LogP contribution in [-0.2, 0) is 13.0 Å². The van der Waals surface area contributed by atoms with E-state index in [0.717, 1.165) is 13.0 Å². The standard InChI is InChI=1S/C12H13NO3S/c14-12(15)11-2-1-10(16-11)7-13-5-3-9-4-6-17-8-9/h1-2,4,6,8,13H,3,5,7H2,(H,14,15). The van der Waals surface area contributed by atoms with Crippen LogP contribution in [0, 0.1) is 0 Å². The minimum Gasteiger partial charge on any atom is -0.475 e. The van der Waals surface area contributed by atoms with E-state index in [1.54, 1.807) is 17.4 Å². The van der Waals surface area contributed by atoms with Gasteiger partial charge in [-0.05, 0) is 47.5 Å². The monoisotopic (exact) mass is 251 g/mol. The third-order valence-corrected chi connectivity index (χ3v) is 3.07. The lowest BCUT2D eigenvalue weighted by molar-refractivity contribution is 0.0660. The molecule has 0 unspecified atom stereocenters. The number of nitrogens with one attached hydrogen (secondary N) is 1. The van der Waals surface area contributed by atoms with Gasteiger partial charge in [-0.3, -0.25) is 0 Å².